The molecule has 0 bridgehead atoms. The first-order chi connectivity index (χ1) is 11.3. The molecule has 0 aliphatic carbocycles. The molecule has 0 saturated heterocycles. The van der Waals surface area contributed by atoms with Gasteiger partial charge in [0.05, 0.1) is 11.0 Å². The van der Waals surface area contributed by atoms with Crippen LogP contribution < -0.4 is 5.32 Å². The molecule has 126 valence electrons. The van der Waals surface area contributed by atoms with Crippen LogP contribution in [0.1, 0.15) is 11.5 Å². The van der Waals surface area contributed by atoms with E-state index in [2.05, 4.69) is 20.3 Å². The van der Waals surface area contributed by atoms with Crippen molar-refractivity contribution in [2.45, 2.75) is 12.6 Å². The number of hydrogen-bond acceptors (Lipinski definition) is 4. The van der Waals surface area contributed by atoms with Gasteiger partial charge in [-0.15, -0.1) is 0 Å². The first-order valence-electron chi connectivity index (χ1n) is 7.09. The Hall–Kier alpha value is -2.71. The Bertz CT molecular complexity index is 872. The molecule has 1 N–H and O–H groups in total. The van der Waals surface area contributed by atoms with Crippen molar-refractivity contribution in [3.63, 3.8) is 0 Å². The lowest BCUT2D eigenvalue weighted by atomic mass is 10.3. The van der Waals surface area contributed by atoms with Crippen molar-refractivity contribution in [2.24, 2.45) is 7.05 Å². The minimum Gasteiger partial charge on any atom is -0.354 e. The summed E-state index contributed by atoms with van der Waals surface area (Å²) in [6.07, 6.45) is -3.04. The summed E-state index contributed by atoms with van der Waals surface area (Å²) in [5, 5.41) is 2.74. The monoisotopic (exact) mass is 339 g/mol. The van der Waals surface area contributed by atoms with E-state index in [1.165, 1.54) is 12.1 Å². The van der Waals surface area contributed by atoms with Crippen LogP contribution in [0.5, 0.6) is 0 Å². The topological polar surface area (TPSA) is 55.6 Å². The van der Waals surface area contributed by atoms with Crippen molar-refractivity contribution in [1.82, 2.24) is 19.5 Å². The molecule has 0 aliphatic rings. The highest BCUT2D eigenvalue weighted by molar-refractivity contribution is 5.75. The molecule has 0 atom stereocenters. The zero-order chi connectivity index (χ0) is 17.3. The third-order valence-electron chi connectivity index (χ3n) is 3.51. The molecule has 0 saturated carbocycles. The lowest BCUT2D eigenvalue weighted by Gasteiger charge is -2.08. The van der Waals surface area contributed by atoms with Crippen LogP contribution in [0.4, 0.5) is 23.5 Å². The fraction of sp³-hybridized carbons (Fsp3) is 0.267. The van der Waals surface area contributed by atoms with Gasteiger partial charge in [0.25, 0.3) is 0 Å². The summed E-state index contributed by atoms with van der Waals surface area (Å²) in [6.45, 7) is 0.293. The largest absolute Gasteiger partial charge is 0.433 e. The first kappa shape index (κ1) is 16.2. The molecule has 0 unspecified atom stereocenters. The molecule has 0 fully saturated rings. The first-order valence-corrected chi connectivity index (χ1v) is 7.09. The van der Waals surface area contributed by atoms with Gasteiger partial charge in [-0.1, -0.05) is 0 Å². The van der Waals surface area contributed by atoms with Crippen LogP contribution in [0.2, 0.25) is 0 Å². The molecule has 9 heteroatoms. The zero-order valence-electron chi connectivity index (χ0n) is 12.6. The summed E-state index contributed by atoms with van der Waals surface area (Å²) < 4.78 is 52.8. The fourth-order valence-corrected chi connectivity index (χ4v) is 2.32. The van der Waals surface area contributed by atoms with Gasteiger partial charge in [-0.3, -0.25) is 0 Å². The minimum absolute atomic E-state index is 0.102. The number of hydrogen-bond donors (Lipinski definition) is 1. The number of imidazole rings is 1. The maximum atomic E-state index is 13.3. The van der Waals surface area contributed by atoms with Gasteiger partial charge in [-0.2, -0.15) is 13.2 Å². The van der Waals surface area contributed by atoms with E-state index in [-0.39, 0.29) is 11.8 Å². The quantitative estimate of drug-likeness (QED) is 0.742. The number of rotatable bonds is 4. The highest BCUT2D eigenvalue weighted by Crippen LogP contribution is 2.27. The van der Waals surface area contributed by atoms with Crippen LogP contribution in [0.15, 0.2) is 30.5 Å². The molecule has 3 aromatic rings. The van der Waals surface area contributed by atoms with E-state index in [1.807, 2.05) is 0 Å². The average molecular weight is 339 g/mol. The van der Waals surface area contributed by atoms with E-state index in [0.717, 1.165) is 12.3 Å². The summed E-state index contributed by atoms with van der Waals surface area (Å²) >= 11 is 0. The van der Waals surface area contributed by atoms with E-state index >= 15 is 0 Å². The Morgan fingerprint density at radius 3 is 2.71 bits per heavy atom. The second kappa shape index (κ2) is 6.06. The van der Waals surface area contributed by atoms with E-state index in [1.54, 1.807) is 17.7 Å². The number of aryl methyl sites for hydroxylation is 1. The Morgan fingerprint density at radius 1 is 1.17 bits per heavy atom. The molecule has 2 aromatic heterocycles. The number of nitrogens with zero attached hydrogens (tertiary/aromatic N) is 4. The molecule has 0 radical (unpaired) electrons. The zero-order valence-corrected chi connectivity index (χ0v) is 12.6. The number of fused-ring (bicyclic) bond motifs is 1. The van der Waals surface area contributed by atoms with Gasteiger partial charge >= 0.3 is 6.18 Å². The molecule has 0 amide bonds. The molecule has 0 spiro atoms. The lowest BCUT2D eigenvalue weighted by molar-refractivity contribution is -0.141. The SMILES string of the molecule is Cn1c(CCNc2nccc(C(F)(F)F)n2)nc2ccc(F)cc21. The second-order valence-electron chi connectivity index (χ2n) is 5.16. The molecule has 0 aliphatic heterocycles. The van der Waals surface area contributed by atoms with Gasteiger partial charge in [0, 0.05) is 26.2 Å². The van der Waals surface area contributed by atoms with Crippen LogP contribution in [0.25, 0.3) is 11.0 Å². The van der Waals surface area contributed by atoms with E-state index in [9.17, 15) is 17.6 Å². The summed E-state index contributed by atoms with van der Waals surface area (Å²) in [5.41, 5.74) is 0.308. The van der Waals surface area contributed by atoms with Crippen LogP contribution >= 0.6 is 0 Å². The number of benzene rings is 1. The summed E-state index contributed by atoms with van der Waals surface area (Å²) in [4.78, 5) is 11.6. The standard InChI is InChI=1S/C15H13F4N5/c1-24-11-8-9(16)2-3-10(11)22-13(24)5-7-21-14-20-6-4-12(23-14)15(17,18)19/h2-4,6,8H,5,7H2,1H3,(H,20,21,23). The number of halogens is 4. The van der Waals surface area contributed by atoms with E-state index < -0.39 is 11.9 Å². The smallest absolute Gasteiger partial charge is 0.354 e. The van der Waals surface area contributed by atoms with Crippen molar-refractivity contribution >= 4 is 17.0 Å². The maximum Gasteiger partial charge on any atom is 0.433 e. The second-order valence-corrected chi connectivity index (χ2v) is 5.16. The van der Waals surface area contributed by atoms with Crippen molar-refractivity contribution < 1.29 is 17.6 Å². The van der Waals surface area contributed by atoms with Gasteiger partial charge in [-0.05, 0) is 24.3 Å². The Balaban J connectivity index is 1.70. The lowest BCUT2D eigenvalue weighted by Crippen LogP contribution is -2.14. The average Bonchev–Trinajstić information content (AvgIpc) is 2.83. The van der Waals surface area contributed by atoms with Gasteiger partial charge in [0.1, 0.15) is 17.3 Å². The Kier molecular flexibility index (Phi) is 4.08. The number of aromatic nitrogens is 4. The van der Waals surface area contributed by atoms with E-state index in [4.69, 9.17) is 0 Å². The molecule has 1 aromatic carbocycles. The molecular weight excluding hydrogens is 326 g/mol. The van der Waals surface area contributed by atoms with Gasteiger partial charge in [0.2, 0.25) is 5.95 Å². The third kappa shape index (κ3) is 3.29. The third-order valence-corrected chi connectivity index (χ3v) is 3.51. The molecule has 5 nitrogen and oxygen atoms in total. The summed E-state index contributed by atoms with van der Waals surface area (Å²) in [7, 11) is 1.75. The molecule has 2 heterocycles. The number of alkyl halides is 3. The van der Waals surface area contributed by atoms with Gasteiger partial charge in [-0.25, -0.2) is 19.3 Å². The van der Waals surface area contributed by atoms with Crippen molar-refractivity contribution in [3.05, 3.63) is 47.8 Å². The van der Waals surface area contributed by atoms with Crippen molar-refractivity contribution in [2.75, 3.05) is 11.9 Å². The number of nitrogens with one attached hydrogen (secondary N) is 1. The van der Waals surface area contributed by atoms with E-state index in [0.29, 0.717) is 29.8 Å². The predicted octanol–water partition coefficient (Wildman–Crippen LogP) is 3.18. The van der Waals surface area contributed by atoms with Crippen molar-refractivity contribution in [1.29, 1.82) is 0 Å². The maximum absolute atomic E-state index is 13.3. The fourth-order valence-electron chi connectivity index (χ4n) is 2.32. The van der Waals surface area contributed by atoms with Crippen LogP contribution in [-0.4, -0.2) is 26.1 Å². The minimum atomic E-state index is -4.51. The van der Waals surface area contributed by atoms with Gasteiger partial charge < -0.3 is 9.88 Å². The highest BCUT2D eigenvalue weighted by atomic mass is 19.4. The Labute approximate surface area is 134 Å². The van der Waals surface area contributed by atoms with Gasteiger partial charge in [0.15, 0.2) is 0 Å². The number of anilines is 1. The molecule has 24 heavy (non-hydrogen) atoms. The summed E-state index contributed by atoms with van der Waals surface area (Å²) in [6, 6.07) is 5.10. The predicted molar refractivity (Wildman–Crippen MR) is 79.9 cm³/mol. The normalized spacial score (nSPS) is 11.9. The van der Waals surface area contributed by atoms with Crippen LogP contribution in [0.3, 0.4) is 0 Å². The van der Waals surface area contributed by atoms with Crippen LogP contribution in [0, 0.1) is 5.82 Å². The van der Waals surface area contributed by atoms with Crippen LogP contribution in [-0.2, 0) is 19.6 Å². The molecule has 3 rings (SSSR count). The molecular formula is C15H13F4N5. The van der Waals surface area contributed by atoms with Crippen molar-refractivity contribution in [3.8, 4) is 0 Å². The summed E-state index contributed by atoms with van der Waals surface area (Å²) in [5.74, 6) is 0.220. The Morgan fingerprint density at radius 2 is 1.96 bits per heavy atom. The highest BCUT2D eigenvalue weighted by Gasteiger charge is 2.32.